The average Bonchev–Trinajstić information content (AvgIpc) is 3.10. The van der Waals surface area contributed by atoms with Crippen LogP contribution < -0.4 is 9.47 Å². The van der Waals surface area contributed by atoms with Crippen molar-refractivity contribution in [3.8, 4) is 11.5 Å². The lowest BCUT2D eigenvalue weighted by Gasteiger charge is -2.16. The van der Waals surface area contributed by atoms with E-state index in [0.29, 0.717) is 34.6 Å². The number of ether oxygens (including phenoxy) is 2. The van der Waals surface area contributed by atoms with Gasteiger partial charge in [0.15, 0.2) is 17.1 Å². The van der Waals surface area contributed by atoms with E-state index in [0.717, 1.165) is 5.75 Å². The molecule has 0 radical (unpaired) electrons. The van der Waals surface area contributed by atoms with E-state index < -0.39 is 0 Å². The van der Waals surface area contributed by atoms with Crippen molar-refractivity contribution >= 4 is 11.8 Å². The zero-order chi connectivity index (χ0) is 19.9. The number of nitrogens with zero attached hydrogens (tertiary/aromatic N) is 3. The number of allylic oxidation sites excluding steroid dienone is 1. The Morgan fingerprint density at radius 1 is 1.18 bits per heavy atom. The summed E-state index contributed by atoms with van der Waals surface area (Å²) >= 11 is 1.43. The molecule has 0 bridgehead atoms. The minimum Gasteiger partial charge on any atom is -0.497 e. The first-order valence-corrected chi connectivity index (χ1v) is 9.82. The lowest BCUT2D eigenvalue weighted by Crippen LogP contribution is -2.12. The molecule has 5 nitrogen and oxygen atoms in total. The molecular formula is C21H22FN3O2S. The molecular weight excluding hydrogens is 377 g/mol. The maximum atomic E-state index is 13.9. The van der Waals surface area contributed by atoms with E-state index in [4.69, 9.17) is 9.47 Å². The van der Waals surface area contributed by atoms with Crippen molar-refractivity contribution in [2.75, 3.05) is 7.11 Å². The Balaban J connectivity index is 1.77. The van der Waals surface area contributed by atoms with Crippen molar-refractivity contribution < 1.29 is 13.9 Å². The maximum absolute atomic E-state index is 13.9. The van der Waals surface area contributed by atoms with Crippen molar-refractivity contribution in [1.82, 2.24) is 14.8 Å². The fraction of sp³-hybridized carbons (Fsp3) is 0.238. The number of rotatable bonds is 9. The van der Waals surface area contributed by atoms with Crippen molar-refractivity contribution in [1.29, 1.82) is 0 Å². The second kappa shape index (κ2) is 9.41. The molecule has 1 heterocycles. The van der Waals surface area contributed by atoms with Gasteiger partial charge in [0.25, 0.3) is 0 Å². The van der Waals surface area contributed by atoms with E-state index in [1.807, 2.05) is 41.8 Å². The van der Waals surface area contributed by atoms with Crippen LogP contribution in [0, 0.1) is 5.82 Å². The first kappa shape index (κ1) is 19.9. The topological polar surface area (TPSA) is 49.2 Å². The molecule has 0 N–H and O–H groups in total. The van der Waals surface area contributed by atoms with Crippen LogP contribution in [0.1, 0.15) is 24.4 Å². The number of aromatic nitrogens is 3. The molecule has 1 unspecified atom stereocenters. The minimum atomic E-state index is -0.331. The van der Waals surface area contributed by atoms with Gasteiger partial charge in [-0.1, -0.05) is 42.1 Å². The number of hydrogen-bond acceptors (Lipinski definition) is 5. The average molecular weight is 399 g/mol. The Morgan fingerprint density at radius 3 is 2.71 bits per heavy atom. The summed E-state index contributed by atoms with van der Waals surface area (Å²) in [5, 5.41) is 9.27. The number of benzene rings is 2. The van der Waals surface area contributed by atoms with Gasteiger partial charge in [0.2, 0.25) is 0 Å². The Labute approximate surface area is 168 Å². The van der Waals surface area contributed by atoms with E-state index in [9.17, 15) is 4.39 Å². The number of hydrogen-bond donors (Lipinski definition) is 0. The van der Waals surface area contributed by atoms with Crippen LogP contribution in [-0.2, 0) is 12.3 Å². The third-order valence-corrected chi connectivity index (χ3v) is 5.10. The molecule has 146 valence electrons. The molecule has 0 aliphatic heterocycles. The summed E-state index contributed by atoms with van der Waals surface area (Å²) in [5.41, 5.74) is 0.628. The summed E-state index contributed by atoms with van der Waals surface area (Å²) < 4.78 is 27.1. The van der Waals surface area contributed by atoms with Crippen LogP contribution in [0.5, 0.6) is 11.5 Å². The number of methoxy groups -OCH3 is 1. The second-order valence-electron chi connectivity index (χ2n) is 6.06. The van der Waals surface area contributed by atoms with Crippen molar-refractivity contribution in [3.05, 3.63) is 78.4 Å². The van der Waals surface area contributed by atoms with Crippen LogP contribution in [0.2, 0.25) is 0 Å². The smallest absolute Gasteiger partial charge is 0.191 e. The summed E-state index contributed by atoms with van der Waals surface area (Å²) in [6.45, 7) is 6.26. The molecule has 7 heteroatoms. The van der Waals surface area contributed by atoms with Gasteiger partial charge in [0.1, 0.15) is 17.3 Å². The summed E-state index contributed by atoms with van der Waals surface area (Å²) in [4.78, 5) is 0. The second-order valence-corrected chi connectivity index (χ2v) is 7.00. The van der Waals surface area contributed by atoms with Gasteiger partial charge in [-0.15, -0.1) is 16.8 Å². The fourth-order valence-corrected chi connectivity index (χ4v) is 3.64. The molecule has 0 aliphatic rings. The Hall–Kier alpha value is -2.80. The third-order valence-electron chi connectivity index (χ3n) is 4.09. The number of thioether (sulfide) groups is 1. The predicted molar refractivity (Wildman–Crippen MR) is 108 cm³/mol. The highest BCUT2D eigenvalue weighted by molar-refractivity contribution is 7.98. The molecule has 0 amide bonds. The zero-order valence-electron chi connectivity index (χ0n) is 15.8. The van der Waals surface area contributed by atoms with Crippen molar-refractivity contribution in [3.63, 3.8) is 0 Å². The van der Waals surface area contributed by atoms with Gasteiger partial charge in [0.05, 0.1) is 7.11 Å². The molecule has 0 fully saturated rings. The molecule has 2 aromatic carbocycles. The van der Waals surface area contributed by atoms with E-state index >= 15 is 0 Å². The van der Waals surface area contributed by atoms with E-state index in [1.54, 1.807) is 25.3 Å². The largest absolute Gasteiger partial charge is 0.497 e. The lowest BCUT2D eigenvalue weighted by molar-refractivity contribution is 0.209. The lowest BCUT2D eigenvalue weighted by atomic mass is 10.2. The Morgan fingerprint density at radius 2 is 1.96 bits per heavy atom. The first-order valence-electron chi connectivity index (χ1n) is 8.83. The molecule has 3 aromatic rings. The highest BCUT2D eigenvalue weighted by atomic mass is 32.2. The summed E-state index contributed by atoms with van der Waals surface area (Å²) in [7, 11) is 1.61. The summed E-state index contributed by atoms with van der Waals surface area (Å²) in [6.07, 6.45) is 1.44. The van der Waals surface area contributed by atoms with E-state index in [2.05, 4.69) is 16.8 Å². The third kappa shape index (κ3) is 4.72. The van der Waals surface area contributed by atoms with Gasteiger partial charge in [-0.05, 0) is 30.7 Å². The van der Waals surface area contributed by atoms with Crippen LogP contribution in [0.4, 0.5) is 4.39 Å². The van der Waals surface area contributed by atoms with E-state index in [1.165, 1.54) is 17.8 Å². The fourth-order valence-electron chi connectivity index (χ4n) is 2.70. The van der Waals surface area contributed by atoms with Gasteiger partial charge in [-0.25, -0.2) is 4.39 Å². The van der Waals surface area contributed by atoms with E-state index in [-0.39, 0.29) is 11.9 Å². The number of halogens is 1. The predicted octanol–water partition coefficient (Wildman–Crippen LogP) is 5.04. The Kier molecular flexibility index (Phi) is 6.71. The van der Waals surface area contributed by atoms with Crippen LogP contribution >= 0.6 is 11.8 Å². The highest BCUT2D eigenvalue weighted by Gasteiger charge is 2.19. The quantitative estimate of drug-likeness (QED) is 0.372. The van der Waals surface area contributed by atoms with Crippen molar-refractivity contribution in [2.45, 2.75) is 30.5 Å². The standard InChI is InChI=1S/C21H22FN3O2S/c1-4-12-25-20(15(2)27-18-10-7-9-17(13-18)26-3)23-24-21(25)28-14-16-8-5-6-11-19(16)22/h4-11,13,15H,1,12,14H2,2-3H3. The van der Waals surface area contributed by atoms with Gasteiger partial charge in [0, 0.05) is 18.4 Å². The highest BCUT2D eigenvalue weighted by Crippen LogP contribution is 2.28. The van der Waals surface area contributed by atoms with Crippen molar-refractivity contribution in [2.24, 2.45) is 0 Å². The molecule has 0 saturated heterocycles. The Bertz CT molecular complexity index is 945. The SMILES string of the molecule is C=CCn1c(SCc2ccccc2F)nnc1C(C)Oc1cccc(OC)c1. The molecule has 3 rings (SSSR count). The summed E-state index contributed by atoms with van der Waals surface area (Å²) in [6, 6.07) is 14.1. The maximum Gasteiger partial charge on any atom is 0.191 e. The van der Waals surface area contributed by atoms with Crippen LogP contribution in [0.15, 0.2) is 66.3 Å². The molecule has 0 spiro atoms. The van der Waals surface area contributed by atoms with Gasteiger partial charge in [-0.2, -0.15) is 0 Å². The van der Waals surface area contributed by atoms with Gasteiger partial charge >= 0.3 is 0 Å². The van der Waals surface area contributed by atoms with Gasteiger partial charge < -0.3 is 9.47 Å². The van der Waals surface area contributed by atoms with Crippen LogP contribution in [-0.4, -0.2) is 21.9 Å². The van der Waals surface area contributed by atoms with Crippen LogP contribution in [0.25, 0.3) is 0 Å². The minimum absolute atomic E-state index is 0.222. The normalized spacial score (nSPS) is 11.8. The summed E-state index contributed by atoms with van der Waals surface area (Å²) in [5.74, 6) is 2.32. The first-order chi connectivity index (χ1) is 13.6. The van der Waals surface area contributed by atoms with Crippen LogP contribution in [0.3, 0.4) is 0 Å². The van der Waals surface area contributed by atoms with Gasteiger partial charge in [-0.3, -0.25) is 4.57 Å². The monoisotopic (exact) mass is 399 g/mol. The molecule has 1 atom stereocenters. The zero-order valence-corrected chi connectivity index (χ0v) is 16.7. The molecule has 0 aliphatic carbocycles. The molecule has 0 saturated carbocycles. The molecule has 1 aromatic heterocycles. The molecule has 28 heavy (non-hydrogen) atoms.